The predicted octanol–water partition coefficient (Wildman–Crippen LogP) is 1.17. The van der Waals surface area contributed by atoms with Gasteiger partial charge in [-0.15, -0.1) is 0 Å². The first-order valence-electron chi connectivity index (χ1n) is 5.46. The third-order valence-electron chi connectivity index (χ3n) is 2.55. The molecule has 0 aliphatic carbocycles. The molecule has 1 aromatic carbocycles. The van der Waals surface area contributed by atoms with Gasteiger partial charge in [-0.1, -0.05) is 17.7 Å². The second kappa shape index (κ2) is 4.97. The van der Waals surface area contributed by atoms with Gasteiger partial charge in [0.1, 0.15) is 11.6 Å². The van der Waals surface area contributed by atoms with Gasteiger partial charge in [0.25, 0.3) is 0 Å². The van der Waals surface area contributed by atoms with Crippen LogP contribution >= 0.6 is 0 Å². The Morgan fingerprint density at radius 2 is 2.24 bits per heavy atom. The van der Waals surface area contributed by atoms with E-state index in [1.54, 1.807) is 7.11 Å². The highest BCUT2D eigenvalue weighted by Crippen LogP contribution is 2.21. The van der Waals surface area contributed by atoms with E-state index in [0.29, 0.717) is 18.8 Å². The standard InChI is InChI=1S/C12H16N4O/c1-8-3-4-10(17-2)9(5-8)6-11-14-12(7-13)16-15-11/h3-5H,6-7,13H2,1-2H3,(H,14,15,16). The summed E-state index contributed by atoms with van der Waals surface area (Å²) in [6.45, 7) is 2.40. The first-order valence-corrected chi connectivity index (χ1v) is 5.46. The summed E-state index contributed by atoms with van der Waals surface area (Å²) in [5.41, 5.74) is 7.75. The van der Waals surface area contributed by atoms with Gasteiger partial charge in [-0.25, -0.2) is 4.98 Å². The number of aromatic amines is 1. The molecule has 0 bridgehead atoms. The number of aryl methyl sites for hydroxylation is 1. The molecule has 5 nitrogen and oxygen atoms in total. The van der Waals surface area contributed by atoms with Gasteiger partial charge in [-0.05, 0) is 13.0 Å². The van der Waals surface area contributed by atoms with Crippen LogP contribution in [-0.2, 0) is 13.0 Å². The van der Waals surface area contributed by atoms with Crippen LogP contribution < -0.4 is 10.5 Å². The zero-order valence-corrected chi connectivity index (χ0v) is 10.0. The fraction of sp³-hybridized carbons (Fsp3) is 0.333. The number of ether oxygens (including phenoxy) is 1. The number of nitrogens with zero attached hydrogens (tertiary/aromatic N) is 2. The molecule has 2 rings (SSSR count). The molecule has 90 valence electrons. The molecule has 0 radical (unpaired) electrons. The highest BCUT2D eigenvalue weighted by molar-refractivity contribution is 5.38. The van der Waals surface area contributed by atoms with Crippen LogP contribution in [0, 0.1) is 6.92 Å². The average molecular weight is 232 g/mol. The molecule has 3 N–H and O–H groups in total. The van der Waals surface area contributed by atoms with E-state index in [9.17, 15) is 0 Å². The lowest BCUT2D eigenvalue weighted by Crippen LogP contribution is -1.99. The summed E-state index contributed by atoms with van der Waals surface area (Å²) >= 11 is 0. The van der Waals surface area contributed by atoms with Crippen LogP contribution in [0.2, 0.25) is 0 Å². The van der Waals surface area contributed by atoms with Gasteiger partial charge >= 0.3 is 0 Å². The highest BCUT2D eigenvalue weighted by Gasteiger charge is 2.07. The highest BCUT2D eigenvalue weighted by atomic mass is 16.5. The minimum Gasteiger partial charge on any atom is -0.496 e. The Morgan fingerprint density at radius 3 is 2.88 bits per heavy atom. The Balaban J connectivity index is 2.25. The van der Waals surface area contributed by atoms with Gasteiger partial charge in [0, 0.05) is 12.0 Å². The number of aromatic nitrogens is 3. The van der Waals surface area contributed by atoms with E-state index < -0.39 is 0 Å². The molecule has 0 atom stereocenters. The largest absolute Gasteiger partial charge is 0.496 e. The van der Waals surface area contributed by atoms with Gasteiger partial charge in [0.2, 0.25) is 0 Å². The van der Waals surface area contributed by atoms with Crippen molar-refractivity contribution in [2.24, 2.45) is 5.73 Å². The molecule has 0 spiro atoms. The lowest BCUT2D eigenvalue weighted by atomic mass is 10.1. The van der Waals surface area contributed by atoms with Crippen LogP contribution in [0.4, 0.5) is 0 Å². The first kappa shape index (κ1) is 11.6. The van der Waals surface area contributed by atoms with Crippen LogP contribution in [0.15, 0.2) is 18.2 Å². The Morgan fingerprint density at radius 1 is 1.41 bits per heavy atom. The maximum Gasteiger partial charge on any atom is 0.164 e. The van der Waals surface area contributed by atoms with Crippen LogP contribution in [0.1, 0.15) is 22.8 Å². The monoisotopic (exact) mass is 232 g/mol. The molecule has 5 heteroatoms. The van der Waals surface area contributed by atoms with E-state index >= 15 is 0 Å². The van der Waals surface area contributed by atoms with E-state index in [1.165, 1.54) is 5.56 Å². The molecule has 0 unspecified atom stereocenters. The fourth-order valence-electron chi connectivity index (χ4n) is 1.73. The lowest BCUT2D eigenvalue weighted by Gasteiger charge is -2.07. The smallest absolute Gasteiger partial charge is 0.164 e. The SMILES string of the molecule is COc1ccc(C)cc1Cc1nc(CN)n[nH]1. The second-order valence-corrected chi connectivity index (χ2v) is 3.89. The minimum absolute atomic E-state index is 0.349. The zero-order chi connectivity index (χ0) is 12.3. The molecule has 0 aliphatic heterocycles. The van der Waals surface area contributed by atoms with E-state index in [2.05, 4.69) is 28.2 Å². The lowest BCUT2D eigenvalue weighted by molar-refractivity contribution is 0.410. The minimum atomic E-state index is 0.349. The van der Waals surface area contributed by atoms with E-state index in [0.717, 1.165) is 17.1 Å². The van der Waals surface area contributed by atoms with Crippen molar-refractivity contribution in [3.63, 3.8) is 0 Å². The number of benzene rings is 1. The molecule has 2 aromatic rings. The molecule has 1 heterocycles. The maximum absolute atomic E-state index is 5.47. The van der Waals surface area contributed by atoms with Crippen molar-refractivity contribution in [2.45, 2.75) is 19.9 Å². The Hall–Kier alpha value is -1.88. The second-order valence-electron chi connectivity index (χ2n) is 3.89. The number of methoxy groups -OCH3 is 1. The third-order valence-corrected chi connectivity index (χ3v) is 2.55. The summed E-state index contributed by atoms with van der Waals surface area (Å²) < 4.78 is 5.32. The van der Waals surface area contributed by atoms with Crippen LogP contribution in [0.3, 0.4) is 0 Å². The zero-order valence-electron chi connectivity index (χ0n) is 10.0. The molecule has 1 aromatic heterocycles. The van der Waals surface area contributed by atoms with Gasteiger partial charge in [-0.2, -0.15) is 5.10 Å². The number of nitrogens with one attached hydrogen (secondary N) is 1. The van der Waals surface area contributed by atoms with Crippen LogP contribution in [0.5, 0.6) is 5.75 Å². The van der Waals surface area contributed by atoms with Crippen molar-refractivity contribution in [1.29, 1.82) is 0 Å². The summed E-state index contributed by atoms with van der Waals surface area (Å²) in [6, 6.07) is 6.07. The van der Waals surface area contributed by atoms with Gasteiger partial charge in [0.15, 0.2) is 5.82 Å². The molecule has 17 heavy (non-hydrogen) atoms. The summed E-state index contributed by atoms with van der Waals surface area (Å²) in [5, 5.41) is 6.89. The third kappa shape index (κ3) is 2.62. The maximum atomic E-state index is 5.47. The predicted molar refractivity (Wildman–Crippen MR) is 64.8 cm³/mol. The fourth-order valence-corrected chi connectivity index (χ4v) is 1.73. The van der Waals surface area contributed by atoms with Gasteiger partial charge < -0.3 is 10.5 Å². The van der Waals surface area contributed by atoms with Crippen molar-refractivity contribution in [3.05, 3.63) is 41.0 Å². The van der Waals surface area contributed by atoms with Crippen molar-refractivity contribution >= 4 is 0 Å². The number of hydrogen-bond donors (Lipinski definition) is 2. The number of hydrogen-bond acceptors (Lipinski definition) is 4. The van der Waals surface area contributed by atoms with Crippen molar-refractivity contribution in [1.82, 2.24) is 15.2 Å². The Kier molecular flexibility index (Phi) is 3.39. The van der Waals surface area contributed by atoms with Crippen molar-refractivity contribution in [3.8, 4) is 5.75 Å². The number of H-pyrrole nitrogens is 1. The molecular weight excluding hydrogens is 216 g/mol. The quantitative estimate of drug-likeness (QED) is 0.829. The number of nitrogens with two attached hydrogens (primary N) is 1. The van der Waals surface area contributed by atoms with E-state index in [1.807, 2.05) is 12.1 Å². The topological polar surface area (TPSA) is 76.8 Å². The van der Waals surface area contributed by atoms with E-state index in [4.69, 9.17) is 10.5 Å². The average Bonchev–Trinajstić information content (AvgIpc) is 2.77. The summed E-state index contributed by atoms with van der Waals surface area (Å²) in [6.07, 6.45) is 0.665. The van der Waals surface area contributed by atoms with Crippen LogP contribution in [-0.4, -0.2) is 22.3 Å². The van der Waals surface area contributed by atoms with Crippen molar-refractivity contribution < 1.29 is 4.74 Å². The van der Waals surface area contributed by atoms with Crippen LogP contribution in [0.25, 0.3) is 0 Å². The molecule has 0 amide bonds. The normalized spacial score (nSPS) is 10.5. The molecule has 0 fully saturated rings. The Labute approximate surface area is 100 Å². The van der Waals surface area contributed by atoms with Gasteiger partial charge in [0.05, 0.1) is 13.7 Å². The van der Waals surface area contributed by atoms with Crippen molar-refractivity contribution in [2.75, 3.05) is 7.11 Å². The molecule has 0 saturated carbocycles. The molecule has 0 aliphatic rings. The first-order chi connectivity index (χ1) is 8.22. The molecular formula is C12H16N4O. The molecule has 0 saturated heterocycles. The summed E-state index contributed by atoms with van der Waals surface area (Å²) in [4.78, 5) is 4.28. The van der Waals surface area contributed by atoms with E-state index in [-0.39, 0.29) is 0 Å². The number of rotatable bonds is 4. The Bertz CT molecular complexity index is 507. The summed E-state index contributed by atoms with van der Waals surface area (Å²) in [7, 11) is 1.67. The summed E-state index contributed by atoms with van der Waals surface area (Å²) in [5.74, 6) is 2.29. The van der Waals surface area contributed by atoms with Gasteiger partial charge in [-0.3, -0.25) is 5.10 Å².